The number of likely N-dealkylation sites (tertiary alicyclic amines) is 2. The predicted octanol–water partition coefficient (Wildman–Crippen LogP) is 0.191. The van der Waals surface area contributed by atoms with Crippen LogP contribution in [0.25, 0.3) is 0 Å². The van der Waals surface area contributed by atoms with Crippen LogP contribution >= 0.6 is 12.4 Å². The SMILES string of the molecule is CC(N)C1CCN(CC(=O)N2CCCC(C(N)=O)C2)CC1.Cl. The third-order valence-corrected chi connectivity index (χ3v) is 4.91. The van der Waals surface area contributed by atoms with Crippen LogP contribution < -0.4 is 11.5 Å². The molecule has 0 spiro atoms. The van der Waals surface area contributed by atoms with Gasteiger partial charge < -0.3 is 16.4 Å². The van der Waals surface area contributed by atoms with Crippen LogP contribution in [-0.2, 0) is 9.59 Å². The molecule has 0 aromatic heterocycles. The summed E-state index contributed by atoms with van der Waals surface area (Å²) < 4.78 is 0. The van der Waals surface area contributed by atoms with E-state index in [-0.39, 0.29) is 36.2 Å². The van der Waals surface area contributed by atoms with Crippen molar-refractivity contribution in [3.8, 4) is 0 Å². The molecule has 0 saturated carbocycles. The molecular weight excluding hydrogens is 304 g/mol. The molecule has 2 atom stereocenters. The summed E-state index contributed by atoms with van der Waals surface area (Å²) in [7, 11) is 0. The van der Waals surface area contributed by atoms with Crippen LogP contribution in [-0.4, -0.2) is 60.4 Å². The molecule has 0 bridgehead atoms. The maximum atomic E-state index is 12.4. The number of amides is 2. The second-order valence-corrected chi connectivity index (χ2v) is 6.55. The summed E-state index contributed by atoms with van der Waals surface area (Å²) in [4.78, 5) is 27.6. The molecule has 2 saturated heterocycles. The third-order valence-electron chi connectivity index (χ3n) is 4.91. The highest BCUT2D eigenvalue weighted by Crippen LogP contribution is 2.20. The van der Waals surface area contributed by atoms with Crippen LogP contribution in [0, 0.1) is 11.8 Å². The van der Waals surface area contributed by atoms with Crippen LogP contribution in [0.2, 0.25) is 0 Å². The Bertz CT molecular complexity index is 384. The van der Waals surface area contributed by atoms with Crippen LogP contribution in [0.1, 0.15) is 32.6 Å². The standard InChI is InChI=1S/C15H28N4O2.ClH/c1-11(16)12-4-7-18(8-5-12)10-14(20)19-6-2-3-13(9-19)15(17)21;/h11-13H,2-10,16H2,1H3,(H2,17,21);1H. The lowest BCUT2D eigenvalue weighted by Crippen LogP contribution is -2.49. The number of hydrogen-bond acceptors (Lipinski definition) is 4. The number of piperidine rings is 2. The number of carbonyl (C=O) groups excluding carboxylic acids is 2. The minimum absolute atomic E-state index is 0. The van der Waals surface area contributed by atoms with Crippen molar-refractivity contribution in [2.45, 2.75) is 38.6 Å². The van der Waals surface area contributed by atoms with Crippen molar-refractivity contribution < 1.29 is 9.59 Å². The Kier molecular flexibility index (Phi) is 7.59. The Balaban J connectivity index is 0.00000242. The summed E-state index contributed by atoms with van der Waals surface area (Å²) in [5.41, 5.74) is 11.3. The van der Waals surface area contributed by atoms with Crippen LogP contribution in [0.4, 0.5) is 0 Å². The van der Waals surface area contributed by atoms with Gasteiger partial charge in [0.2, 0.25) is 11.8 Å². The van der Waals surface area contributed by atoms with E-state index in [1.807, 2.05) is 0 Å². The first-order chi connectivity index (χ1) is 9.97. The average Bonchev–Trinajstić information content (AvgIpc) is 2.48. The van der Waals surface area contributed by atoms with Crippen molar-refractivity contribution in [3.05, 3.63) is 0 Å². The molecule has 2 unspecified atom stereocenters. The fourth-order valence-electron chi connectivity index (χ4n) is 3.36. The van der Waals surface area contributed by atoms with Crippen molar-refractivity contribution in [2.24, 2.45) is 23.3 Å². The zero-order chi connectivity index (χ0) is 15.4. The second kappa shape index (κ2) is 8.70. The van der Waals surface area contributed by atoms with Gasteiger partial charge in [0.1, 0.15) is 0 Å². The zero-order valence-corrected chi connectivity index (χ0v) is 14.2. The van der Waals surface area contributed by atoms with E-state index in [0.717, 1.165) is 45.3 Å². The van der Waals surface area contributed by atoms with E-state index in [9.17, 15) is 9.59 Å². The van der Waals surface area contributed by atoms with Crippen molar-refractivity contribution >= 4 is 24.2 Å². The van der Waals surface area contributed by atoms with Gasteiger partial charge in [-0.1, -0.05) is 0 Å². The Labute approximate surface area is 139 Å². The summed E-state index contributed by atoms with van der Waals surface area (Å²) in [5.74, 6) is 0.238. The number of nitrogens with two attached hydrogens (primary N) is 2. The fraction of sp³-hybridized carbons (Fsp3) is 0.867. The molecule has 0 aromatic carbocycles. The molecule has 4 N–H and O–H groups in total. The lowest BCUT2D eigenvalue weighted by atomic mass is 9.91. The maximum absolute atomic E-state index is 12.4. The van der Waals surface area contributed by atoms with Gasteiger partial charge in [0.25, 0.3) is 0 Å². The van der Waals surface area contributed by atoms with E-state index >= 15 is 0 Å². The molecule has 2 fully saturated rings. The van der Waals surface area contributed by atoms with Gasteiger partial charge in [0, 0.05) is 19.1 Å². The Morgan fingerprint density at radius 2 is 1.82 bits per heavy atom. The van der Waals surface area contributed by atoms with Gasteiger partial charge in [-0.05, 0) is 51.6 Å². The number of nitrogens with zero attached hydrogens (tertiary/aromatic N) is 2. The largest absolute Gasteiger partial charge is 0.369 e. The normalized spacial score (nSPS) is 25.4. The molecule has 2 amide bonds. The van der Waals surface area contributed by atoms with E-state index in [0.29, 0.717) is 19.0 Å². The van der Waals surface area contributed by atoms with Gasteiger partial charge in [-0.25, -0.2) is 0 Å². The van der Waals surface area contributed by atoms with Gasteiger partial charge in [-0.15, -0.1) is 12.4 Å². The number of carbonyl (C=O) groups is 2. The van der Waals surface area contributed by atoms with Gasteiger partial charge in [0.05, 0.1) is 12.5 Å². The molecule has 2 rings (SSSR count). The molecule has 128 valence electrons. The van der Waals surface area contributed by atoms with E-state index in [1.165, 1.54) is 0 Å². The summed E-state index contributed by atoms with van der Waals surface area (Å²) in [6.45, 7) is 5.62. The van der Waals surface area contributed by atoms with E-state index in [2.05, 4.69) is 11.8 Å². The highest BCUT2D eigenvalue weighted by Gasteiger charge is 2.29. The molecule has 0 aliphatic carbocycles. The second-order valence-electron chi connectivity index (χ2n) is 6.55. The Morgan fingerprint density at radius 1 is 1.18 bits per heavy atom. The average molecular weight is 333 g/mol. The van der Waals surface area contributed by atoms with E-state index < -0.39 is 0 Å². The third kappa shape index (κ3) is 5.11. The zero-order valence-electron chi connectivity index (χ0n) is 13.4. The number of primary amides is 1. The quantitative estimate of drug-likeness (QED) is 0.768. The number of halogens is 1. The Morgan fingerprint density at radius 3 is 2.36 bits per heavy atom. The Hall–Kier alpha value is -0.850. The monoisotopic (exact) mass is 332 g/mol. The highest BCUT2D eigenvalue weighted by atomic mass is 35.5. The number of hydrogen-bond donors (Lipinski definition) is 2. The lowest BCUT2D eigenvalue weighted by molar-refractivity contribution is -0.136. The van der Waals surface area contributed by atoms with E-state index in [1.54, 1.807) is 4.90 Å². The molecule has 2 aliphatic heterocycles. The van der Waals surface area contributed by atoms with Crippen molar-refractivity contribution in [3.63, 3.8) is 0 Å². The van der Waals surface area contributed by atoms with Crippen molar-refractivity contribution in [1.82, 2.24) is 9.80 Å². The van der Waals surface area contributed by atoms with Crippen molar-refractivity contribution in [2.75, 3.05) is 32.7 Å². The van der Waals surface area contributed by atoms with Gasteiger partial charge in [-0.2, -0.15) is 0 Å². The smallest absolute Gasteiger partial charge is 0.236 e. The van der Waals surface area contributed by atoms with Crippen LogP contribution in [0.3, 0.4) is 0 Å². The van der Waals surface area contributed by atoms with E-state index in [4.69, 9.17) is 11.5 Å². The molecule has 6 nitrogen and oxygen atoms in total. The molecule has 0 radical (unpaired) electrons. The summed E-state index contributed by atoms with van der Waals surface area (Å²) in [6.07, 6.45) is 3.80. The topological polar surface area (TPSA) is 92.7 Å². The molecule has 2 aliphatic rings. The molecule has 22 heavy (non-hydrogen) atoms. The molecule has 0 aromatic rings. The first-order valence-corrected chi connectivity index (χ1v) is 8.02. The first kappa shape index (κ1) is 19.2. The highest BCUT2D eigenvalue weighted by molar-refractivity contribution is 5.85. The molecule has 7 heteroatoms. The van der Waals surface area contributed by atoms with Gasteiger partial charge >= 0.3 is 0 Å². The lowest BCUT2D eigenvalue weighted by Gasteiger charge is -2.36. The maximum Gasteiger partial charge on any atom is 0.236 e. The molecule has 2 heterocycles. The van der Waals surface area contributed by atoms with Gasteiger partial charge in [0.15, 0.2) is 0 Å². The number of rotatable bonds is 4. The predicted molar refractivity (Wildman–Crippen MR) is 88.6 cm³/mol. The molecular formula is C15H29ClN4O2. The summed E-state index contributed by atoms with van der Waals surface area (Å²) in [5, 5.41) is 0. The fourth-order valence-corrected chi connectivity index (χ4v) is 3.36. The first-order valence-electron chi connectivity index (χ1n) is 8.02. The summed E-state index contributed by atoms with van der Waals surface area (Å²) >= 11 is 0. The van der Waals surface area contributed by atoms with Gasteiger partial charge in [-0.3, -0.25) is 14.5 Å². The van der Waals surface area contributed by atoms with Crippen LogP contribution in [0.5, 0.6) is 0 Å². The minimum Gasteiger partial charge on any atom is -0.369 e. The van der Waals surface area contributed by atoms with Crippen molar-refractivity contribution in [1.29, 1.82) is 0 Å². The minimum atomic E-state index is -0.287. The van der Waals surface area contributed by atoms with Crippen LogP contribution in [0.15, 0.2) is 0 Å². The summed E-state index contributed by atoms with van der Waals surface area (Å²) in [6, 6.07) is 0.237.